The van der Waals surface area contributed by atoms with Crippen molar-refractivity contribution in [3.05, 3.63) is 23.8 Å². The second kappa shape index (κ2) is 6.60. The van der Waals surface area contributed by atoms with Crippen LogP contribution in [0.25, 0.3) is 0 Å². The van der Waals surface area contributed by atoms with Gasteiger partial charge in [0.05, 0.1) is 0 Å². The lowest BCUT2D eigenvalue weighted by Gasteiger charge is -2.21. The molecule has 0 fully saturated rings. The molecule has 1 aliphatic rings. The Bertz CT molecular complexity index is 442. The van der Waals surface area contributed by atoms with E-state index in [9.17, 15) is 4.79 Å². The number of unbranched alkanes of at least 4 members (excludes halogenated alkanes) is 1. The third-order valence-corrected chi connectivity index (χ3v) is 3.77. The normalized spacial score (nSPS) is 15.6. The summed E-state index contributed by atoms with van der Waals surface area (Å²) in [6.07, 6.45) is 6.33. The summed E-state index contributed by atoms with van der Waals surface area (Å²) in [6.45, 7) is 4.46. The summed E-state index contributed by atoms with van der Waals surface area (Å²) >= 11 is 0. The Labute approximate surface area is 115 Å². The number of anilines is 2. The Hall–Kier alpha value is -1.51. The van der Waals surface area contributed by atoms with Crippen LogP contribution in [0.15, 0.2) is 18.2 Å². The third kappa shape index (κ3) is 3.72. The van der Waals surface area contributed by atoms with E-state index in [1.165, 1.54) is 30.5 Å². The van der Waals surface area contributed by atoms with Gasteiger partial charge in [-0.3, -0.25) is 4.79 Å². The monoisotopic (exact) mass is 260 g/mol. The smallest absolute Gasteiger partial charge is 0.224 e. The Balaban J connectivity index is 2.03. The van der Waals surface area contributed by atoms with Crippen LogP contribution in [0.4, 0.5) is 11.4 Å². The Morgan fingerprint density at radius 3 is 2.89 bits per heavy atom. The van der Waals surface area contributed by atoms with E-state index in [-0.39, 0.29) is 5.91 Å². The van der Waals surface area contributed by atoms with Gasteiger partial charge in [-0.2, -0.15) is 0 Å². The summed E-state index contributed by atoms with van der Waals surface area (Å²) < 4.78 is 0. The summed E-state index contributed by atoms with van der Waals surface area (Å²) in [5, 5.41) is 6.53. The van der Waals surface area contributed by atoms with Crippen molar-refractivity contribution in [1.82, 2.24) is 0 Å². The van der Waals surface area contributed by atoms with Crippen LogP contribution in [0.3, 0.4) is 0 Å². The molecule has 0 spiro atoms. The van der Waals surface area contributed by atoms with Crippen molar-refractivity contribution in [1.29, 1.82) is 0 Å². The molecule has 19 heavy (non-hydrogen) atoms. The largest absolute Gasteiger partial charge is 0.382 e. The van der Waals surface area contributed by atoms with E-state index < -0.39 is 0 Å². The zero-order valence-electron chi connectivity index (χ0n) is 12.0. The second-order valence-corrected chi connectivity index (χ2v) is 5.31. The highest BCUT2D eigenvalue weighted by molar-refractivity contribution is 5.94. The van der Waals surface area contributed by atoms with E-state index >= 15 is 0 Å². The van der Waals surface area contributed by atoms with Crippen LogP contribution in [-0.4, -0.2) is 11.9 Å². The molecule has 0 saturated heterocycles. The predicted octanol–water partition coefficient (Wildman–Crippen LogP) is 3.95. The van der Waals surface area contributed by atoms with E-state index in [4.69, 9.17) is 0 Å². The summed E-state index contributed by atoms with van der Waals surface area (Å²) in [7, 11) is 0. The van der Waals surface area contributed by atoms with Gasteiger partial charge in [0.25, 0.3) is 0 Å². The molecule has 2 rings (SSSR count). The molecule has 1 unspecified atom stereocenters. The maximum Gasteiger partial charge on any atom is 0.224 e. The third-order valence-electron chi connectivity index (χ3n) is 3.77. The van der Waals surface area contributed by atoms with Gasteiger partial charge >= 0.3 is 0 Å². The molecule has 0 aliphatic carbocycles. The van der Waals surface area contributed by atoms with Gasteiger partial charge in [-0.25, -0.2) is 0 Å². The number of hydrogen-bond donors (Lipinski definition) is 2. The molecule has 1 aromatic rings. The van der Waals surface area contributed by atoms with Crippen molar-refractivity contribution < 1.29 is 4.79 Å². The first-order valence-electron chi connectivity index (χ1n) is 7.42. The molecule has 1 aromatic carbocycles. The SMILES string of the molecule is CCCCC(CC)Nc1ccc2c(c1)CCC(=O)N2. The van der Waals surface area contributed by atoms with Gasteiger partial charge < -0.3 is 10.6 Å². The van der Waals surface area contributed by atoms with Gasteiger partial charge in [0.1, 0.15) is 0 Å². The maximum atomic E-state index is 11.3. The predicted molar refractivity (Wildman–Crippen MR) is 80.6 cm³/mol. The molecule has 1 atom stereocenters. The van der Waals surface area contributed by atoms with E-state index in [1.807, 2.05) is 6.07 Å². The minimum absolute atomic E-state index is 0.127. The van der Waals surface area contributed by atoms with E-state index in [0.29, 0.717) is 12.5 Å². The molecule has 0 aromatic heterocycles. The van der Waals surface area contributed by atoms with Gasteiger partial charge in [-0.15, -0.1) is 0 Å². The lowest BCUT2D eigenvalue weighted by atomic mass is 10.0. The fraction of sp³-hybridized carbons (Fsp3) is 0.562. The number of carbonyl (C=O) groups excluding carboxylic acids is 1. The quantitative estimate of drug-likeness (QED) is 0.813. The van der Waals surface area contributed by atoms with E-state index in [0.717, 1.165) is 18.5 Å². The summed E-state index contributed by atoms with van der Waals surface area (Å²) in [5.74, 6) is 0.127. The van der Waals surface area contributed by atoms with E-state index in [2.05, 4.69) is 36.6 Å². The number of nitrogens with one attached hydrogen (secondary N) is 2. The van der Waals surface area contributed by atoms with Crippen LogP contribution in [-0.2, 0) is 11.2 Å². The van der Waals surface area contributed by atoms with Crippen molar-refractivity contribution >= 4 is 17.3 Å². The first-order valence-corrected chi connectivity index (χ1v) is 7.42. The van der Waals surface area contributed by atoms with Gasteiger partial charge in [-0.1, -0.05) is 26.7 Å². The number of carbonyl (C=O) groups is 1. The van der Waals surface area contributed by atoms with Crippen LogP contribution in [0, 0.1) is 0 Å². The van der Waals surface area contributed by atoms with Crippen LogP contribution >= 0.6 is 0 Å². The van der Waals surface area contributed by atoms with Crippen molar-refractivity contribution in [3.8, 4) is 0 Å². The Kier molecular flexibility index (Phi) is 4.83. The molecular weight excluding hydrogens is 236 g/mol. The maximum absolute atomic E-state index is 11.3. The Morgan fingerprint density at radius 2 is 2.16 bits per heavy atom. The minimum atomic E-state index is 0.127. The minimum Gasteiger partial charge on any atom is -0.382 e. The molecule has 3 heteroatoms. The number of amides is 1. The lowest BCUT2D eigenvalue weighted by Crippen LogP contribution is -2.21. The fourth-order valence-corrected chi connectivity index (χ4v) is 2.54. The number of hydrogen-bond acceptors (Lipinski definition) is 2. The van der Waals surface area contributed by atoms with Gasteiger partial charge in [0, 0.05) is 23.8 Å². The number of rotatable bonds is 6. The first-order chi connectivity index (χ1) is 9.22. The molecule has 104 valence electrons. The standard InChI is InChI=1S/C16H24N2O/c1-3-5-6-13(4-2)17-14-8-9-15-12(11-14)7-10-16(19)18-15/h8-9,11,13,17H,3-7,10H2,1-2H3,(H,18,19). The van der Waals surface area contributed by atoms with Crippen LogP contribution in [0.1, 0.15) is 51.5 Å². The van der Waals surface area contributed by atoms with Crippen molar-refractivity contribution in [2.45, 2.75) is 58.4 Å². The summed E-state index contributed by atoms with van der Waals surface area (Å²) in [6, 6.07) is 6.82. The van der Waals surface area contributed by atoms with Crippen molar-refractivity contribution in [2.24, 2.45) is 0 Å². The van der Waals surface area contributed by atoms with Crippen molar-refractivity contribution in [2.75, 3.05) is 10.6 Å². The number of fused-ring (bicyclic) bond motifs is 1. The lowest BCUT2D eigenvalue weighted by molar-refractivity contribution is -0.116. The zero-order chi connectivity index (χ0) is 13.7. The average molecular weight is 260 g/mol. The molecule has 1 heterocycles. The highest BCUT2D eigenvalue weighted by Crippen LogP contribution is 2.26. The van der Waals surface area contributed by atoms with Crippen LogP contribution < -0.4 is 10.6 Å². The van der Waals surface area contributed by atoms with E-state index in [1.54, 1.807) is 0 Å². The summed E-state index contributed by atoms with van der Waals surface area (Å²) in [5.41, 5.74) is 3.40. The average Bonchev–Trinajstić information content (AvgIpc) is 2.43. The molecule has 3 nitrogen and oxygen atoms in total. The van der Waals surface area contributed by atoms with Crippen LogP contribution in [0.5, 0.6) is 0 Å². The van der Waals surface area contributed by atoms with Gasteiger partial charge in [0.15, 0.2) is 0 Å². The zero-order valence-corrected chi connectivity index (χ0v) is 12.0. The van der Waals surface area contributed by atoms with Gasteiger partial charge in [-0.05, 0) is 43.0 Å². The molecule has 0 saturated carbocycles. The molecule has 1 amide bonds. The molecule has 0 radical (unpaired) electrons. The highest BCUT2D eigenvalue weighted by atomic mass is 16.1. The fourth-order valence-electron chi connectivity index (χ4n) is 2.54. The second-order valence-electron chi connectivity index (χ2n) is 5.31. The van der Waals surface area contributed by atoms with Crippen LogP contribution in [0.2, 0.25) is 0 Å². The topological polar surface area (TPSA) is 41.1 Å². The molecule has 2 N–H and O–H groups in total. The number of benzene rings is 1. The number of aryl methyl sites for hydroxylation is 1. The summed E-state index contributed by atoms with van der Waals surface area (Å²) in [4.78, 5) is 11.3. The van der Waals surface area contributed by atoms with Gasteiger partial charge in [0.2, 0.25) is 5.91 Å². The first kappa shape index (κ1) is 13.9. The molecule has 0 bridgehead atoms. The molecular formula is C16H24N2O. The highest BCUT2D eigenvalue weighted by Gasteiger charge is 2.15. The van der Waals surface area contributed by atoms with Crippen molar-refractivity contribution in [3.63, 3.8) is 0 Å². The molecule has 1 aliphatic heterocycles. The Morgan fingerprint density at radius 1 is 1.32 bits per heavy atom.